The Hall–Kier alpha value is -0.120. The lowest BCUT2D eigenvalue weighted by atomic mass is 9.79. The first-order valence-corrected chi connectivity index (χ1v) is 8.23. The topological polar surface area (TPSA) is 18.5 Å². The summed E-state index contributed by atoms with van der Waals surface area (Å²) in [4.78, 5) is 5.17. The van der Waals surface area contributed by atoms with Crippen LogP contribution in [0.15, 0.2) is 0 Å². The molecular formula is C16H33N3. The van der Waals surface area contributed by atoms with Gasteiger partial charge in [-0.3, -0.25) is 4.90 Å². The molecule has 0 amide bonds. The van der Waals surface area contributed by atoms with Gasteiger partial charge in [-0.15, -0.1) is 0 Å². The van der Waals surface area contributed by atoms with Gasteiger partial charge in [0, 0.05) is 31.2 Å². The second kappa shape index (κ2) is 7.05. The molecule has 4 unspecified atom stereocenters. The highest BCUT2D eigenvalue weighted by Crippen LogP contribution is 2.32. The smallest absolute Gasteiger partial charge is 0.0252 e. The Labute approximate surface area is 119 Å². The Morgan fingerprint density at radius 3 is 2.58 bits per heavy atom. The summed E-state index contributed by atoms with van der Waals surface area (Å²) >= 11 is 0. The summed E-state index contributed by atoms with van der Waals surface area (Å²) in [5.41, 5.74) is 0. The van der Waals surface area contributed by atoms with E-state index in [1.54, 1.807) is 0 Å². The molecule has 3 nitrogen and oxygen atoms in total. The monoisotopic (exact) mass is 267 g/mol. The highest BCUT2D eigenvalue weighted by atomic mass is 15.3. The third-order valence-electron chi connectivity index (χ3n) is 5.39. The maximum Gasteiger partial charge on any atom is 0.0252 e. The maximum absolute atomic E-state index is 3.58. The van der Waals surface area contributed by atoms with Crippen molar-refractivity contribution >= 4 is 0 Å². The zero-order chi connectivity index (χ0) is 13.8. The van der Waals surface area contributed by atoms with Crippen LogP contribution in [-0.2, 0) is 0 Å². The van der Waals surface area contributed by atoms with Crippen molar-refractivity contribution in [1.29, 1.82) is 0 Å². The van der Waals surface area contributed by atoms with Gasteiger partial charge in [0.15, 0.2) is 0 Å². The Morgan fingerprint density at radius 2 is 2.00 bits per heavy atom. The highest BCUT2D eigenvalue weighted by molar-refractivity contribution is 4.94. The van der Waals surface area contributed by atoms with Gasteiger partial charge >= 0.3 is 0 Å². The number of nitrogens with zero attached hydrogens (tertiary/aromatic N) is 2. The lowest BCUT2D eigenvalue weighted by Gasteiger charge is -2.41. The molecule has 2 aliphatic rings. The Bertz CT molecular complexity index is 267. The fourth-order valence-corrected chi connectivity index (χ4v) is 4.13. The summed E-state index contributed by atoms with van der Waals surface area (Å²) in [5.74, 6) is 0.970. The van der Waals surface area contributed by atoms with E-state index in [2.05, 4.69) is 43.2 Å². The summed E-state index contributed by atoms with van der Waals surface area (Å²) in [5, 5.41) is 3.58. The summed E-state index contributed by atoms with van der Waals surface area (Å²) < 4.78 is 0. The average molecular weight is 267 g/mol. The van der Waals surface area contributed by atoms with Crippen LogP contribution < -0.4 is 5.32 Å². The SMILES string of the molecule is CCCC1CCC(NC)C(N2CCC(N(C)C)C2)C1. The van der Waals surface area contributed by atoms with Crippen molar-refractivity contribution in [3.63, 3.8) is 0 Å². The third kappa shape index (κ3) is 3.71. The molecule has 1 N–H and O–H groups in total. The van der Waals surface area contributed by atoms with Gasteiger partial charge < -0.3 is 10.2 Å². The zero-order valence-electron chi connectivity index (χ0n) is 13.4. The second-order valence-electron chi connectivity index (χ2n) is 6.83. The Morgan fingerprint density at radius 1 is 1.21 bits per heavy atom. The van der Waals surface area contributed by atoms with Crippen molar-refractivity contribution in [1.82, 2.24) is 15.1 Å². The van der Waals surface area contributed by atoms with E-state index in [0.717, 1.165) is 18.0 Å². The predicted molar refractivity (Wildman–Crippen MR) is 82.5 cm³/mol. The van der Waals surface area contributed by atoms with Crippen LogP contribution in [0, 0.1) is 5.92 Å². The Balaban J connectivity index is 1.94. The number of nitrogens with one attached hydrogen (secondary N) is 1. The molecule has 112 valence electrons. The number of rotatable bonds is 5. The number of likely N-dealkylation sites (N-methyl/N-ethyl adjacent to an activating group) is 2. The average Bonchev–Trinajstić information content (AvgIpc) is 2.88. The van der Waals surface area contributed by atoms with Crippen LogP contribution >= 0.6 is 0 Å². The lowest BCUT2D eigenvalue weighted by Crippen LogP contribution is -2.52. The first kappa shape index (κ1) is 15.3. The van der Waals surface area contributed by atoms with E-state index in [4.69, 9.17) is 0 Å². The fourth-order valence-electron chi connectivity index (χ4n) is 4.13. The largest absolute Gasteiger partial charge is 0.315 e. The molecule has 1 heterocycles. The standard InChI is InChI=1S/C16H33N3/c1-5-6-13-7-8-15(17-2)16(11-13)19-10-9-14(12-19)18(3)4/h13-17H,5-12H2,1-4H3. The van der Waals surface area contributed by atoms with Gasteiger partial charge in [0.2, 0.25) is 0 Å². The van der Waals surface area contributed by atoms with Gasteiger partial charge in [-0.2, -0.15) is 0 Å². The molecule has 3 heteroatoms. The van der Waals surface area contributed by atoms with Crippen LogP contribution in [0.25, 0.3) is 0 Å². The molecule has 2 fully saturated rings. The number of hydrogen-bond donors (Lipinski definition) is 1. The van der Waals surface area contributed by atoms with E-state index in [0.29, 0.717) is 6.04 Å². The fraction of sp³-hybridized carbons (Fsp3) is 1.00. The van der Waals surface area contributed by atoms with E-state index in [1.165, 1.54) is 51.6 Å². The van der Waals surface area contributed by atoms with Crippen LogP contribution in [-0.4, -0.2) is 62.2 Å². The van der Waals surface area contributed by atoms with Crippen molar-refractivity contribution in [2.75, 3.05) is 34.2 Å². The first-order valence-electron chi connectivity index (χ1n) is 8.23. The van der Waals surface area contributed by atoms with Crippen LogP contribution in [0.2, 0.25) is 0 Å². The molecule has 1 saturated carbocycles. The van der Waals surface area contributed by atoms with Crippen molar-refractivity contribution in [3.8, 4) is 0 Å². The van der Waals surface area contributed by atoms with Crippen molar-refractivity contribution in [2.24, 2.45) is 5.92 Å². The zero-order valence-corrected chi connectivity index (χ0v) is 13.4. The van der Waals surface area contributed by atoms with E-state index >= 15 is 0 Å². The molecule has 1 saturated heterocycles. The number of likely N-dealkylation sites (tertiary alicyclic amines) is 1. The molecule has 0 aromatic rings. The molecule has 1 aliphatic carbocycles. The molecule has 4 atom stereocenters. The van der Waals surface area contributed by atoms with E-state index in [1.807, 2.05) is 0 Å². The minimum Gasteiger partial charge on any atom is -0.315 e. The van der Waals surface area contributed by atoms with Gasteiger partial charge in [-0.05, 0) is 52.7 Å². The van der Waals surface area contributed by atoms with Gasteiger partial charge in [-0.1, -0.05) is 19.8 Å². The Kier molecular flexibility index (Phi) is 5.67. The predicted octanol–water partition coefficient (Wildman–Crippen LogP) is 2.18. The first-order chi connectivity index (χ1) is 9.15. The minimum absolute atomic E-state index is 0.717. The maximum atomic E-state index is 3.58. The van der Waals surface area contributed by atoms with Gasteiger partial charge in [0.1, 0.15) is 0 Å². The summed E-state index contributed by atoms with van der Waals surface area (Å²) in [6.45, 7) is 4.90. The molecule has 0 spiro atoms. The van der Waals surface area contributed by atoms with E-state index in [9.17, 15) is 0 Å². The normalized spacial score (nSPS) is 37.1. The quantitative estimate of drug-likeness (QED) is 0.824. The molecule has 19 heavy (non-hydrogen) atoms. The second-order valence-corrected chi connectivity index (χ2v) is 6.83. The van der Waals surface area contributed by atoms with Gasteiger partial charge in [-0.25, -0.2) is 0 Å². The third-order valence-corrected chi connectivity index (χ3v) is 5.39. The molecule has 0 aromatic heterocycles. The molecule has 1 aliphatic heterocycles. The summed E-state index contributed by atoms with van der Waals surface area (Å²) in [7, 11) is 6.60. The minimum atomic E-state index is 0.717. The van der Waals surface area contributed by atoms with E-state index < -0.39 is 0 Å². The highest BCUT2D eigenvalue weighted by Gasteiger charge is 2.36. The number of hydrogen-bond acceptors (Lipinski definition) is 3. The van der Waals surface area contributed by atoms with Crippen molar-refractivity contribution < 1.29 is 0 Å². The molecule has 0 radical (unpaired) electrons. The van der Waals surface area contributed by atoms with Gasteiger partial charge in [0.05, 0.1) is 0 Å². The van der Waals surface area contributed by atoms with E-state index in [-0.39, 0.29) is 0 Å². The molecule has 0 aromatic carbocycles. The van der Waals surface area contributed by atoms with Crippen LogP contribution in [0.3, 0.4) is 0 Å². The van der Waals surface area contributed by atoms with Crippen LogP contribution in [0.5, 0.6) is 0 Å². The van der Waals surface area contributed by atoms with Crippen molar-refractivity contribution in [3.05, 3.63) is 0 Å². The van der Waals surface area contributed by atoms with Crippen LogP contribution in [0.1, 0.15) is 45.4 Å². The molecule has 0 bridgehead atoms. The van der Waals surface area contributed by atoms with Gasteiger partial charge in [0.25, 0.3) is 0 Å². The summed E-state index contributed by atoms with van der Waals surface area (Å²) in [6.07, 6.45) is 8.34. The molecule has 2 rings (SSSR count). The van der Waals surface area contributed by atoms with Crippen molar-refractivity contribution in [2.45, 2.75) is 63.6 Å². The molecular weight excluding hydrogens is 234 g/mol. The van der Waals surface area contributed by atoms with Crippen LogP contribution in [0.4, 0.5) is 0 Å². The lowest BCUT2D eigenvalue weighted by molar-refractivity contribution is 0.111. The summed E-state index contributed by atoms with van der Waals surface area (Å²) in [6, 6.07) is 2.26.